The summed E-state index contributed by atoms with van der Waals surface area (Å²) in [6.45, 7) is 0. The quantitative estimate of drug-likeness (QED) is 0.399. The number of carbonyl (C=O) groups excluding carboxylic acids is 2. The number of primary amides is 1. The number of amides is 2. The number of nitrogens with one attached hydrogen (secondary N) is 2. The van der Waals surface area contributed by atoms with E-state index < -0.39 is 5.91 Å². The zero-order valence-electron chi connectivity index (χ0n) is 17.7. The van der Waals surface area contributed by atoms with Gasteiger partial charge in [-0.15, -0.1) is 0 Å². The minimum Gasteiger partial charge on any atom is -0.366 e. The van der Waals surface area contributed by atoms with Crippen molar-refractivity contribution >= 4 is 11.8 Å². The molecule has 0 radical (unpaired) electrons. The van der Waals surface area contributed by atoms with E-state index in [2.05, 4.69) is 15.5 Å². The fourth-order valence-electron chi connectivity index (χ4n) is 3.70. The van der Waals surface area contributed by atoms with E-state index in [0.29, 0.717) is 36.2 Å². The highest BCUT2D eigenvalue weighted by molar-refractivity contribution is 6.03. The van der Waals surface area contributed by atoms with Gasteiger partial charge in [-0.1, -0.05) is 30.3 Å². The molecule has 0 aliphatic heterocycles. The normalized spacial score (nSPS) is 10.8. The van der Waals surface area contributed by atoms with Crippen molar-refractivity contribution in [2.75, 3.05) is 7.05 Å². The smallest absolute Gasteiger partial charge is 0.249 e. The molecule has 0 spiro atoms. The highest BCUT2D eigenvalue weighted by Gasteiger charge is 2.22. The van der Waals surface area contributed by atoms with E-state index in [9.17, 15) is 9.59 Å². The number of rotatable bonds is 8. The fraction of sp³-hybridized carbons (Fsp3) is 0.167. The van der Waals surface area contributed by atoms with Gasteiger partial charge in [0.15, 0.2) is 0 Å². The number of nitrogens with zero attached hydrogens (tertiary/aromatic N) is 3. The first-order valence-electron chi connectivity index (χ1n) is 10.3. The van der Waals surface area contributed by atoms with Crippen LogP contribution in [0.15, 0.2) is 67.1 Å². The van der Waals surface area contributed by atoms with E-state index in [1.165, 1.54) is 0 Å². The summed E-state index contributed by atoms with van der Waals surface area (Å²) in [7, 11) is 1.63. The average molecular weight is 428 g/mol. The van der Waals surface area contributed by atoms with Gasteiger partial charge in [0.25, 0.3) is 0 Å². The third-order valence-corrected chi connectivity index (χ3v) is 5.27. The van der Waals surface area contributed by atoms with Crippen LogP contribution in [-0.2, 0) is 11.2 Å². The molecule has 8 nitrogen and oxygen atoms in total. The summed E-state index contributed by atoms with van der Waals surface area (Å²) in [6.07, 6.45) is 7.12. The fourth-order valence-corrected chi connectivity index (χ4v) is 3.70. The van der Waals surface area contributed by atoms with Crippen LogP contribution in [0, 0.1) is 0 Å². The molecule has 0 aliphatic carbocycles. The van der Waals surface area contributed by atoms with Crippen LogP contribution in [0.2, 0.25) is 0 Å². The zero-order valence-corrected chi connectivity index (χ0v) is 17.7. The number of imidazole rings is 1. The summed E-state index contributed by atoms with van der Waals surface area (Å²) in [5.41, 5.74) is 10.1. The Bertz CT molecular complexity index is 1230. The van der Waals surface area contributed by atoms with Crippen molar-refractivity contribution in [1.82, 2.24) is 25.1 Å². The summed E-state index contributed by atoms with van der Waals surface area (Å²) in [6, 6.07) is 15.2. The minimum atomic E-state index is -0.533. The number of aromatic amines is 1. The Morgan fingerprint density at radius 3 is 2.62 bits per heavy atom. The monoisotopic (exact) mass is 428 g/mol. The van der Waals surface area contributed by atoms with Crippen LogP contribution in [0.4, 0.5) is 0 Å². The highest BCUT2D eigenvalue weighted by atomic mass is 16.1. The Hall–Kier alpha value is -4.20. The average Bonchev–Trinajstić information content (AvgIpc) is 3.49. The molecule has 2 amide bonds. The third kappa shape index (κ3) is 4.29. The molecule has 162 valence electrons. The zero-order chi connectivity index (χ0) is 22.5. The topological polar surface area (TPSA) is 119 Å². The number of hydrogen-bond acceptors (Lipinski definition) is 4. The van der Waals surface area contributed by atoms with E-state index in [-0.39, 0.29) is 5.91 Å². The van der Waals surface area contributed by atoms with E-state index in [0.717, 1.165) is 22.5 Å². The van der Waals surface area contributed by atoms with Crippen molar-refractivity contribution in [2.45, 2.75) is 19.3 Å². The summed E-state index contributed by atoms with van der Waals surface area (Å²) in [5, 5.41) is 9.51. The second-order valence-electron chi connectivity index (χ2n) is 7.37. The Labute approximate surface area is 185 Å². The molecule has 0 saturated heterocycles. The second kappa shape index (κ2) is 9.30. The van der Waals surface area contributed by atoms with E-state index in [1.54, 1.807) is 31.6 Å². The van der Waals surface area contributed by atoms with Crippen LogP contribution in [0.1, 0.15) is 28.9 Å². The van der Waals surface area contributed by atoms with Crippen molar-refractivity contribution in [3.63, 3.8) is 0 Å². The van der Waals surface area contributed by atoms with Crippen molar-refractivity contribution in [3.8, 4) is 28.2 Å². The first-order valence-corrected chi connectivity index (χ1v) is 10.3. The van der Waals surface area contributed by atoms with Crippen LogP contribution in [0.25, 0.3) is 28.2 Å². The van der Waals surface area contributed by atoms with Crippen molar-refractivity contribution < 1.29 is 9.59 Å². The van der Waals surface area contributed by atoms with Crippen LogP contribution in [0.3, 0.4) is 0 Å². The van der Waals surface area contributed by atoms with Gasteiger partial charge in [0.05, 0.1) is 17.5 Å². The van der Waals surface area contributed by atoms with Gasteiger partial charge in [-0.3, -0.25) is 19.3 Å². The largest absolute Gasteiger partial charge is 0.366 e. The van der Waals surface area contributed by atoms with Crippen molar-refractivity contribution in [3.05, 3.63) is 78.4 Å². The van der Waals surface area contributed by atoms with E-state index in [4.69, 9.17) is 10.7 Å². The maximum Gasteiger partial charge on any atom is 0.249 e. The molecule has 32 heavy (non-hydrogen) atoms. The molecular weight excluding hydrogens is 404 g/mol. The Kier molecular flexibility index (Phi) is 6.12. The second-order valence-corrected chi connectivity index (χ2v) is 7.37. The number of para-hydroxylation sites is 1. The predicted octanol–water partition coefficient (Wildman–Crippen LogP) is 3.10. The summed E-state index contributed by atoms with van der Waals surface area (Å²) in [4.78, 5) is 28.9. The molecule has 4 aromatic rings. The summed E-state index contributed by atoms with van der Waals surface area (Å²) < 4.78 is 1.96. The molecule has 0 fully saturated rings. The van der Waals surface area contributed by atoms with Gasteiger partial charge < -0.3 is 11.1 Å². The van der Waals surface area contributed by atoms with Crippen molar-refractivity contribution in [1.29, 1.82) is 0 Å². The van der Waals surface area contributed by atoms with Crippen LogP contribution in [-0.4, -0.2) is 38.6 Å². The van der Waals surface area contributed by atoms with Gasteiger partial charge in [0.2, 0.25) is 11.8 Å². The molecule has 4 N–H and O–H groups in total. The number of H-pyrrole nitrogens is 1. The lowest BCUT2D eigenvalue weighted by atomic mass is 9.96. The summed E-state index contributed by atoms with van der Waals surface area (Å²) >= 11 is 0. The molecule has 8 heteroatoms. The molecule has 0 unspecified atom stereocenters. The van der Waals surface area contributed by atoms with Gasteiger partial charge in [-0.2, -0.15) is 5.10 Å². The molecule has 0 atom stereocenters. The van der Waals surface area contributed by atoms with Gasteiger partial charge >= 0.3 is 0 Å². The maximum atomic E-state index is 12.4. The number of nitrogens with two attached hydrogens (primary N) is 1. The molecular formula is C24H24N6O2. The SMILES string of the molecule is CNC(=O)CCCc1cn(-c2ccccc2)c(-c2c(C(N)=O)cccc2-c2cn[nH]c2)n1. The van der Waals surface area contributed by atoms with Gasteiger partial charge in [-0.05, 0) is 36.6 Å². The van der Waals surface area contributed by atoms with Crippen LogP contribution < -0.4 is 11.1 Å². The maximum absolute atomic E-state index is 12.4. The van der Waals surface area contributed by atoms with Gasteiger partial charge in [0.1, 0.15) is 5.82 Å². The first-order chi connectivity index (χ1) is 15.6. The Morgan fingerprint density at radius 2 is 1.94 bits per heavy atom. The van der Waals surface area contributed by atoms with Crippen molar-refractivity contribution in [2.24, 2.45) is 5.73 Å². The number of aryl methyl sites for hydroxylation is 1. The molecule has 4 rings (SSSR count). The third-order valence-electron chi connectivity index (χ3n) is 5.27. The predicted molar refractivity (Wildman–Crippen MR) is 122 cm³/mol. The number of benzene rings is 2. The number of aromatic nitrogens is 4. The molecule has 0 aliphatic rings. The highest BCUT2D eigenvalue weighted by Crippen LogP contribution is 2.35. The molecule has 2 aromatic heterocycles. The van der Waals surface area contributed by atoms with E-state index >= 15 is 0 Å². The van der Waals surface area contributed by atoms with Crippen LogP contribution in [0.5, 0.6) is 0 Å². The van der Waals surface area contributed by atoms with E-state index in [1.807, 2.05) is 47.2 Å². The first kappa shape index (κ1) is 21.0. The molecule has 0 bridgehead atoms. The molecule has 2 aromatic carbocycles. The summed E-state index contributed by atoms with van der Waals surface area (Å²) in [5.74, 6) is 0.0694. The number of carbonyl (C=O) groups is 2. The Balaban J connectivity index is 1.87. The van der Waals surface area contributed by atoms with Gasteiger partial charge in [0, 0.05) is 42.7 Å². The standard InChI is InChI=1S/C24H24N6O2/c1-26-21(31)12-5-7-17-15-30(18-8-3-2-4-9-18)24(29-17)22-19(16-13-27-28-14-16)10-6-11-20(22)23(25)32/h2-4,6,8-11,13-15H,5,7,12H2,1H3,(H2,25,32)(H,26,31)(H,27,28). The lowest BCUT2D eigenvalue weighted by Crippen LogP contribution is -2.17. The molecule has 2 heterocycles. The van der Waals surface area contributed by atoms with Crippen LogP contribution >= 0.6 is 0 Å². The lowest BCUT2D eigenvalue weighted by Gasteiger charge is -2.14. The number of hydrogen-bond donors (Lipinski definition) is 3. The molecule has 0 saturated carbocycles. The Morgan fingerprint density at radius 1 is 1.12 bits per heavy atom. The lowest BCUT2D eigenvalue weighted by molar-refractivity contribution is -0.120. The minimum absolute atomic E-state index is 0.00552. The van der Waals surface area contributed by atoms with Gasteiger partial charge in [-0.25, -0.2) is 4.98 Å².